The maximum atomic E-state index is 10.7. The quantitative estimate of drug-likeness (QED) is 0.641. The number of nitrogens with two attached hydrogens (primary N) is 1. The molecule has 110 valence electrons. The molecular weight excluding hydrogens is 274 g/mol. The highest BCUT2D eigenvalue weighted by molar-refractivity contribution is 5.47. The molecule has 2 rings (SSSR count). The number of nitrogens with one attached hydrogen (secondary N) is 1. The van der Waals surface area contributed by atoms with Gasteiger partial charge in [-0.05, 0) is 25.5 Å². The van der Waals surface area contributed by atoms with Crippen LogP contribution in [0.15, 0.2) is 24.3 Å². The average molecular weight is 289 g/mol. The molecule has 1 aromatic carbocycles. The van der Waals surface area contributed by atoms with Crippen molar-refractivity contribution in [1.82, 2.24) is 9.97 Å². The van der Waals surface area contributed by atoms with Gasteiger partial charge in [0.1, 0.15) is 11.6 Å². The first-order valence-corrected chi connectivity index (χ1v) is 6.31. The van der Waals surface area contributed by atoms with Gasteiger partial charge in [-0.25, -0.2) is 0 Å². The molecule has 8 heteroatoms. The molecule has 0 bridgehead atoms. The van der Waals surface area contributed by atoms with E-state index in [0.29, 0.717) is 23.7 Å². The molecule has 8 nitrogen and oxygen atoms in total. The van der Waals surface area contributed by atoms with Gasteiger partial charge in [0.2, 0.25) is 11.8 Å². The summed E-state index contributed by atoms with van der Waals surface area (Å²) in [5.74, 6) is 1.39. The van der Waals surface area contributed by atoms with Crippen LogP contribution in [0, 0.1) is 17.0 Å². The minimum atomic E-state index is -0.456. The average Bonchev–Trinajstić information content (AvgIpc) is 2.40. The highest BCUT2D eigenvalue weighted by Crippen LogP contribution is 2.28. The van der Waals surface area contributed by atoms with Crippen LogP contribution < -0.4 is 15.8 Å². The van der Waals surface area contributed by atoms with E-state index in [-0.39, 0.29) is 17.5 Å². The van der Waals surface area contributed by atoms with Crippen LogP contribution in [0.5, 0.6) is 11.6 Å². The lowest BCUT2D eigenvalue weighted by molar-refractivity contribution is -0.384. The standard InChI is InChI=1S/C13H15N5O3/c1-3-15-11-7-12(17-13(14)16-11)21-10-5-4-9(18(19)20)6-8(10)2/h4-7H,3H2,1-2H3,(H3,14,15,16,17). The van der Waals surface area contributed by atoms with E-state index < -0.39 is 4.92 Å². The van der Waals surface area contributed by atoms with Crippen molar-refractivity contribution in [3.05, 3.63) is 39.9 Å². The lowest BCUT2D eigenvalue weighted by atomic mass is 10.2. The molecule has 21 heavy (non-hydrogen) atoms. The maximum Gasteiger partial charge on any atom is 0.269 e. The molecule has 0 amide bonds. The number of ether oxygens (including phenoxy) is 1. The molecule has 0 radical (unpaired) electrons. The first-order chi connectivity index (χ1) is 9.99. The van der Waals surface area contributed by atoms with Crippen molar-refractivity contribution < 1.29 is 9.66 Å². The first kappa shape index (κ1) is 14.5. The summed E-state index contributed by atoms with van der Waals surface area (Å²) < 4.78 is 5.62. The van der Waals surface area contributed by atoms with Crippen LogP contribution in [0.1, 0.15) is 12.5 Å². The summed E-state index contributed by atoms with van der Waals surface area (Å²) in [6, 6.07) is 5.95. The van der Waals surface area contributed by atoms with E-state index in [0.717, 1.165) is 0 Å². The van der Waals surface area contributed by atoms with E-state index in [2.05, 4.69) is 15.3 Å². The Balaban J connectivity index is 2.27. The third kappa shape index (κ3) is 3.56. The smallest absolute Gasteiger partial charge is 0.269 e. The molecule has 1 aromatic heterocycles. The first-order valence-electron chi connectivity index (χ1n) is 6.31. The highest BCUT2D eigenvalue weighted by Gasteiger charge is 2.11. The number of non-ortho nitro benzene ring substituents is 1. The fourth-order valence-electron chi connectivity index (χ4n) is 1.74. The normalized spacial score (nSPS) is 10.2. The van der Waals surface area contributed by atoms with Crippen molar-refractivity contribution in [3.63, 3.8) is 0 Å². The van der Waals surface area contributed by atoms with Crippen molar-refractivity contribution in [3.8, 4) is 11.6 Å². The predicted octanol–water partition coefficient (Wildman–Crippen LogP) is 2.50. The van der Waals surface area contributed by atoms with E-state index in [4.69, 9.17) is 10.5 Å². The molecule has 0 aliphatic heterocycles. The van der Waals surface area contributed by atoms with Crippen LogP contribution in [0.25, 0.3) is 0 Å². The van der Waals surface area contributed by atoms with Gasteiger partial charge in [-0.3, -0.25) is 10.1 Å². The number of nitrogen functional groups attached to an aromatic ring is 1. The molecule has 0 spiro atoms. The SMILES string of the molecule is CCNc1cc(Oc2ccc([N+](=O)[O-])cc2C)nc(N)n1. The molecule has 0 saturated heterocycles. The van der Waals surface area contributed by atoms with Crippen LogP contribution in [0.4, 0.5) is 17.5 Å². The van der Waals surface area contributed by atoms with E-state index in [1.807, 2.05) is 6.92 Å². The lowest BCUT2D eigenvalue weighted by Gasteiger charge is -2.09. The van der Waals surface area contributed by atoms with E-state index >= 15 is 0 Å². The van der Waals surface area contributed by atoms with Gasteiger partial charge < -0.3 is 15.8 Å². The van der Waals surface area contributed by atoms with E-state index in [1.165, 1.54) is 18.2 Å². The molecule has 3 N–H and O–H groups in total. The molecular formula is C13H15N5O3. The number of rotatable bonds is 5. The molecule has 0 fully saturated rings. The Hall–Kier alpha value is -2.90. The molecule has 0 aliphatic rings. The Morgan fingerprint density at radius 1 is 1.38 bits per heavy atom. The lowest BCUT2D eigenvalue weighted by Crippen LogP contribution is -2.04. The maximum absolute atomic E-state index is 10.7. The van der Waals surface area contributed by atoms with Crippen LogP contribution in [0.3, 0.4) is 0 Å². The number of aryl methyl sites for hydroxylation is 1. The highest BCUT2D eigenvalue weighted by atomic mass is 16.6. The van der Waals surface area contributed by atoms with Gasteiger partial charge in [0.25, 0.3) is 5.69 Å². The number of nitrogens with zero attached hydrogens (tertiary/aromatic N) is 3. The monoisotopic (exact) mass is 289 g/mol. The third-order valence-corrected chi connectivity index (χ3v) is 2.66. The van der Waals surface area contributed by atoms with Crippen LogP contribution in [0.2, 0.25) is 0 Å². The van der Waals surface area contributed by atoms with Crippen LogP contribution in [-0.2, 0) is 0 Å². The molecule has 0 unspecified atom stereocenters. The fraction of sp³-hybridized carbons (Fsp3) is 0.231. The van der Waals surface area contributed by atoms with Crippen molar-refractivity contribution in [2.24, 2.45) is 0 Å². The molecule has 0 aliphatic carbocycles. The topological polar surface area (TPSA) is 116 Å². The van der Waals surface area contributed by atoms with Gasteiger partial charge in [0.15, 0.2) is 0 Å². The van der Waals surface area contributed by atoms with Crippen LogP contribution in [-0.4, -0.2) is 21.4 Å². The van der Waals surface area contributed by atoms with Gasteiger partial charge in [-0.2, -0.15) is 9.97 Å². The summed E-state index contributed by atoms with van der Waals surface area (Å²) in [6.45, 7) is 4.34. The Labute approximate surface area is 121 Å². The number of aromatic nitrogens is 2. The number of anilines is 2. The fourth-order valence-corrected chi connectivity index (χ4v) is 1.74. The summed E-state index contributed by atoms with van der Waals surface area (Å²) in [5, 5.41) is 13.7. The number of hydrogen-bond acceptors (Lipinski definition) is 7. The number of nitro groups is 1. The molecule has 0 atom stereocenters. The zero-order chi connectivity index (χ0) is 15.4. The van der Waals surface area contributed by atoms with Gasteiger partial charge in [-0.15, -0.1) is 0 Å². The predicted molar refractivity (Wildman–Crippen MR) is 78.5 cm³/mol. The van der Waals surface area contributed by atoms with Gasteiger partial charge in [0, 0.05) is 24.7 Å². The molecule has 1 heterocycles. The zero-order valence-corrected chi connectivity index (χ0v) is 11.7. The zero-order valence-electron chi connectivity index (χ0n) is 11.7. The van der Waals surface area contributed by atoms with E-state index in [9.17, 15) is 10.1 Å². The Kier molecular flexibility index (Phi) is 4.17. The minimum Gasteiger partial charge on any atom is -0.438 e. The van der Waals surface area contributed by atoms with Gasteiger partial charge >= 0.3 is 0 Å². The molecule has 0 saturated carbocycles. The summed E-state index contributed by atoms with van der Waals surface area (Å²) in [6.07, 6.45) is 0. The summed E-state index contributed by atoms with van der Waals surface area (Å²) in [5.41, 5.74) is 6.25. The summed E-state index contributed by atoms with van der Waals surface area (Å²) in [7, 11) is 0. The second-order valence-electron chi connectivity index (χ2n) is 4.29. The second kappa shape index (κ2) is 6.04. The largest absolute Gasteiger partial charge is 0.438 e. The van der Waals surface area contributed by atoms with Crippen molar-refractivity contribution >= 4 is 17.5 Å². The number of nitro benzene ring substituents is 1. The Morgan fingerprint density at radius 2 is 2.14 bits per heavy atom. The third-order valence-electron chi connectivity index (χ3n) is 2.66. The summed E-state index contributed by atoms with van der Waals surface area (Å²) in [4.78, 5) is 18.2. The van der Waals surface area contributed by atoms with Gasteiger partial charge in [-0.1, -0.05) is 0 Å². The number of hydrogen-bond donors (Lipinski definition) is 2. The molecule has 2 aromatic rings. The second-order valence-corrected chi connectivity index (χ2v) is 4.29. The number of benzene rings is 1. The van der Waals surface area contributed by atoms with Gasteiger partial charge in [0.05, 0.1) is 4.92 Å². The van der Waals surface area contributed by atoms with Crippen molar-refractivity contribution in [2.75, 3.05) is 17.6 Å². The Morgan fingerprint density at radius 3 is 2.76 bits per heavy atom. The minimum absolute atomic E-state index is 0.00962. The van der Waals surface area contributed by atoms with Crippen LogP contribution >= 0.6 is 0 Å². The Bertz CT molecular complexity index is 675. The van der Waals surface area contributed by atoms with Crippen molar-refractivity contribution in [1.29, 1.82) is 0 Å². The van der Waals surface area contributed by atoms with E-state index in [1.54, 1.807) is 13.0 Å². The summed E-state index contributed by atoms with van der Waals surface area (Å²) >= 11 is 0. The van der Waals surface area contributed by atoms with Crippen molar-refractivity contribution in [2.45, 2.75) is 13.8 Å².